The number of halogens is 1. The molecule has 6 aromatic rings. The van der Waals surface area contributed by atoms with Gasteiger partial charge in [0.1, 0.15) is 5.69 Å². The number of rotatable bonds is 5. The first-order valence-electron chi connectivity index (χ1n) is 11.5. The number of nitrogens with zero attached hydrogens (tertiary/aromatic N) is 5. The number of methoxy groups -OCH3 is 1. The first-order valence-corrected chi connectivity index (χ1v) is 12.3. The molecule has 0 aliphatic carbocycles. The third-order valence-electron chi connectivity index (χ3n) is 5.93. The quantitative estimate of drug-likeness (QED) is 0.338. The van der Waals surface area contributed by atoms with E-state index in [0.717, 1.165) is 16.8 Å². The minimum atomic E-state index is -0.493. The minimum absolute atomic E-state index is 0.147. The number of fused-ring (bicyclic) bond motifs is 1. The van der Waals surface area contributed by atoms with Gasteiger partial charge < -0.3 is 4.74 Å². The monoisotopic (exact) mass is 509 g/mol. The summed E-state index contributed by atoms with van der Waals surface area (Å²) in [6, 6.07) is 22.1. The van der Waals surface area contributed by atoms with Gasteiger partial charge >= 0.3 is 0 Å². The van der Waals surface area contributed by atoms with Gasteiger partial charge in [-0.25, -0.2) is 9.07 Å². The first kappa shape index (κ1) is 22.8. The second kappa shape index (κ2) is 9.11. The van der Waals surface area contributed by atoms with E-state index >= 15 is 0 Å². The van der Waals surface area contributed by atoms with E-state index in [9.17, 15) is 9.18 Å². The van der Waals surface area contributed by atoms with Crippen LogP contribution in [0.1, 0.15) is 11.1 Å². The number of aromatic nitrogens is 5. The number of para-hydroxylation sites is 1. The molecule has 0 aliphatic heterocycles. The Labute approximate surface area is 214 Å². The lowest BCUT2D eigenvalue weighted by Gasteiger charge is -2.04. The fourth-order valence-electron chi connectivity index (χ4n) is 4.13. The maximum atomic E-state index is 14.6. The molecule has 182 valence electrons. The predicted octanol–water partition coefficient (Wildman–Crippen LogP) is 4.67. The van der Waals surface area contributed by atoms with E-state index in [-0.39, 0.29) is 11.3 Å². The van der Waals surface area contributed by atoms with E-state index < -0.39 is 5.82 Å². The standard InChI is InChI=1S/C28H20FN5O2S/c1-17-7-6-8-19(13-17)26-30-28-34(32-26)27(35)24(37-28)15-20-16-33(21-9-4-3-5-10-21)31-25(20)18-11-12-23(36-2)22(29)14-18/h3-16H,1-2H3/b24-15-. The highest BCUT2D eigenvalue weighted by molar-refractivity contribution is 7.15. The number of ether oxygens (including phenoxy) is 1. The SMILES string of the molecule is COc1ccc(-c2nn(-c3ccccc3)cc2/C=c2\sc3nc(-c4cccc(C)c4)nn3c2=O)cc1F. The van der Waals surface area contributed by atoms with Crippen LogP contribution in [0.4, 0.5) is 4.39 Å². The van der Waals surface area contributed by atoms with Gasteiger partial charge in [-0.2, -0.15) is 14.6 Å². The molecule has 3 aromatic carbocycles. The second-order valence-corrected chi connectivity index (χ2v) is 9.49. The third-order valence-corrected chi connectivity index (χ3v) is 6.89. The van der Waals surface area contributed by atoms with Gasteiger partial charge in [0.05, 0.1) is 17.3 Å². The molecule has 9 heteroatoms. The summed E-state index contributed by atoms with van der Waals surface area (Å²) in [5.74, 6) is 0.158. The van der Waals surface area contributed by atoms with Crippen LogP contribution in [0.3, 0.4) is 0 Å². The van der Waals surface area contributed by atoms with Crippen molar-refractivity contribution in [2.24, 2.45) is 0 Å². The van der Waals surface area contributed by atoms with Crippen LogP contribution < -0.4 is 14.8 Å². The molecule has 0 saturated carbocycles. The number of hydrogen-bond acceptors (Lipinski definition) is 6. The van der Waals surface area contributed by atoms with Crippen LogP contribution >= 0.6 is 11.3 Å². The van der Waals surface area contributed by atoms with Crippen molar-refractivity contribution in [3.8, 4) is 34.1 Å². The Balaban J connectivity index is 1.49. The van der Waals surface area contributed by atoms with Gasteiger partial charge in [0.25, 0.3) is 5.56 Å². The number of benzene rings is 3. The minimum Gasteiger partial charge on any atom is -0.494 e. The van der Waals surface area contributed by atoms with Crippen molar-refractivity contribution in [3.63, 3.8) is 0 Å². The van der Waals surface area contributed by atoms with Gasteiger partial charge in [-0.1, -0.05) is 53.3 Å². The maximum Gasteiger partial charge on any atom is 0.291 e. The highest BCUT2D eigenvalue weighted by atomic mass is 32.1. The second-order valence-electron chi connectivity index (χ2n) is 8.48. The van der Waals surface area contributed by atoms with Crippen molar-refractivity contribution in [3.05, 3.63) is 111 Å². The lowest BCUT2D eigenvalue weighted by molar-refractivity contribution is 0.386. The van der Waals surface area contributed by atoms with Crippen LogP contribution in [0.25, 0.3) is 39.4 Å². The van der Waals surface area contributed by atoms with Crippen LogP contribution in [-0.2, 0) is 0 Å². The van der Waals surface area contributed by atoms with Gasteiger partial charge in [0.15, 0.2) is 17.4 Å². The average molecular weight is 510 g/mol. The molecule has 3 heterocycles. The predicted molar refractivity (Wildman–Crippen MR) is 142 cm³/mol. The van der Waals surface area contributed by atoms with E-state index in [1.807, 2.05) is 67.7 Å². The lowest BCUT2D eigenvalue weighted by atomic mass is 10.1. The molecule has 0 radical (unpaired) electrons. The normalized spacial score (nSPS) is 11.9. The number of thiazole rings is 1. The molecule has 6 rings (SSSR count). The summed E-state index contributed by atoms with van der Waals surface area (Å²) < 4.78 is 23.1. The van der Waals surface area contributed by atoms with Crippen LogP contribution in [-0.4, -0.2) is 31.5 Å². The first-order chi connectivity index (χ1) is 18.0. The van der Waals surface area contributed by atoms with E-state index in [1.54, 1.807) is 22.9 Å². The van der Waals surface area contributed by atoms with Gasteiger partial charge in [-0.3, -0.25) is 4.79 Å². The van der Waals surface area contributed by atoms with Gasteiger partial charge in [0.2, 0.25) is 4.96 Å². The van der Waals surface area contributed by atoms with Crippen LogP contribution in [0.2, 0.25) is 0 Å². The molecule has 0 N–H and O–H groups in total. The Morgan fingerprint density at radius 2 is 1.81 bits per heavy atom. The zero-order valence-corrected chi connectivity index (χ0v) is 20.7. The van der Waals surface area contributed by atoms with Crippen molar-refractivity contribution in [2.45, 2.75) is 6.92 Å². The highest BCUT2D eigenvalue weighted by Crippen LogP contribution is 2.28. The fourth-order valence-corrected chi connectivity index (χ4v) is 5.02. The van der Waals surface area contributed by atoms with Gasteiger partial charge in [-0.05, 0) is 49.4 Å². The fraction of sp³-hybridized carbons (Fsp3) is 0.0714. The molecule has 7 nitrogen and oxygen atoms in total. The lowest BCUT2D eigenvalue weighted by Crippen LogP contribution is -2.23. The smallest absolute Gasteiger partial charge is 0.291 e. The summed E-state index contributed by atoms with van der Waals surface area (Å²) in [6.45, 7) is 2.00. The van der Waals surface area contributed by atoms with Crippen molar-refractivity contribution < 1.29 is 9.13 Å². The Morgan fingerprint density at radius 3 is 2.54 bits per heavy atom. The molecule has 0 amide bonds. The Kier molecular flexibility index (Phi) is 5.61. The molecule has 0 aliphatic rings. The van der Waals surface area contributed by atoms with Crippen LogP contribution in [0, 0.1) is 12.7 Å². The molecule has 0 atom stereocenters. The largest absolute Gasteiger partial charge is 0.494 e. The molecule has 0 saturated heterocycles. The number of hydrogen-bond donors (Lipinski definition) is 0. The molecule has 3 aromatic heterocycles. The molecular formula is C28H20FN5O2S. The van der Waals surface area contributed by atoms with Crippen LogP contribution in [0.5, 0.6) is 5.75 Å². The number of aryl methyl sites for hydroxylation is 1. The van der Waals surface area contributed by atoms with E-state index in [4.69, 9.17) is 9.84 Å². The highest BCUT2D eigenvalue weighted by Gasteiger charge is 2.16. The molecule has 0 bridgehead atoms. The maximum absolute atomic E-state index is 14.6. The van der Waals surface area contributed by atoms with E-state index in [0.29, 0.717) is 32.1 Å². The Morgan fingerprint density at radius 1 is 0.973 bits per heavy atom. The summed E-state index contributed by atoms with van der Waals surface area (Å²) in [5, 5.41) is 9.17. The molecule has 0 spiro atoms. The van der Waals surface area contributed by atoms with E-state index in [1.165, 1.54) is 29.0 Å². The zero-order chi connectivity index (χ0) is 25.5. The summed E-state index contributed by atoms with van der Waals surface area (Å²) in [5.41, 5.74) is 4.26. The van der Waals surface area contributed by atoms with Crippen molar-refractivity contribution in [1.82, 2.24) is 24.4 Å². The summed E-state index contributed by atoms with van der Waals surface area (Å²) in [6.07, 6.45) is 3.57. The Hall–Kier alpha value is -4.63. The molecule has 0 fully saturated rings. The van der Waals surface area contributed by atoms with Crippen molar-refractivity contribution in [2.75, 3.05) is 7.11 Å². The zero-order valence-electron chi connectivity index (χ0n) is 19.9. The van der Waals surface area contributed by atoms with E-state index in [2.05, 4.69) is 10.1 Å². The van der Waals surface area contributed by atoms with Crippen molar-refractivity contribution >= 4 is 22.4 Å². The van der Waals surface area contributed by atoms with Crippen molar-refractivity contribution in [1.29, 1.82) is 0 Å². The van der Waals surface area contributed by atoms with Gasteiger partial charge in [0, 0.05) is 22.9 Å². The summed E-state index contributed by atoms with van der Waals surface area (Å²) in [7, 11) is 1.42. The Bertz CT molecular complexity index is 1870. The topological polar surface area (TPSA) is 74.3 Å². The summed E-state index contributed by atoms with van der Waals surface area (Å²) in [4.78, 5) is 18.3. The molecule has 0 unspecified atom stereocenters. The third kappa shape index (κ3) is 4.19. The van der Waals surface area contributed by atoms with Gasteiger partial charge in [-0.15, -0.1) is 5.10 Å². The molecule has 37 heavy (non-hydrogen) atoms. The molecular weight excluding hydrogens is 489 g/mol. The summed E-state index contributed by atoms with van der Waals surface area (Å²) >= 11 is 1.25. The average Bonchev–Trinajstić information content (AvgIpc) is 3.60. The van der Waals surface area contributed by atoms with Crippen LogP contribution in [0.15, 0.2) is 83.8 Å².